The molecule has 1 aliphatic rings. The van der Waals surface area contributed by atoms with Crippen molar-refractivity contribution in [2.75, 3.05) is 18.0 Å². The number of amides is 2. The number of anilines is 1. The molecular weight excluding hydrogens is 457 g/mol. The van der Waals surface area contributed by atoms with Crippen molar-refractivity contribution in [1.29, 1.82) is 0 Å². The number of piperazine rings is 1. The highest BCUT2D eigenvalue weighted by molar-refractivity contribution is 6.31. The Labute approximate surface area is 192 Å². The van der Waals surface area contributed by atoms with Crippen molar-refractivity contribution in [2.24, 2.45) is 0 Å². The summed E-state index contributed by atoms with van der Waals surface area (Å²) in [6.45, 7) is -0.722. The molecule has 1 unspecified atom stereocenters. The Hall–Kier alpha value is -3.43. The summed E-state index contributed by atoms with van der Waals surface area (Å²) in [5.41, 5.74) is 1.54. The molecule has 2 heterocycles. The van der Waals surface area contributed by atoms with E-state index in [0.717, 1.165) is 10.5 Å². The lowest BCUT2D eigenvalue weighted by atomic mass is 10.0. The van der Waals surface area contributed by atoms with Gasteiger partial charge < -0.3 is 10.0 Å². The Morgan fingerprint density at radius 1 is 1.03 bits per heavy atom. The van der Waals surface area contributed by atoms with E-state index in [1.165, 1.54) is 21.8 Å². The molecule has 4 rings (SSSR count). The smallest absolute Gasteiger partial charge is 0.326 e. The number of rotatable bonds is 6. The van der Waals surface area contributed by atoms with E-state index in [0.29, 0.717) is 16.4 Å². The van der Waals surface area contributed by atoms with E-state index in [1.807, 2.05) is 6.07 Å². The fourth-order valence-electron chi connectivity index (χ4n) is 3.57. The van der Waals surface area contributed by atoms with Crippen LogP contribution in [-0.2, 0) is 20.8 Å². The van der Waals surface area contributed by atoms with E-state index >= 15 is 0 Å². The molecule has 0 spiro atoms. The maximum absolute atomic E-state index is 13.1. The number of carbonyl (C=O) groups excluding carboxylic acids is 2. The topological polar surface area (TPSA) is 109 Å². The lowest BCUT2D eigenvalue weighted by Crippen LogP contribution is -2.59. The highest BCUT2D eigenvalue weighted by Gasteiger charge is 2.38. The van der Waals surface area contributed by atoms with Crippen molar-refractivity contribution in [3.63, 3.8) is 0 Å². The molecule has 1 N–H and O–H groups in total. The normalized spacial score (nSPS) is 15.2. The molecule has 0 saturated carbocycles. The summed E-state index contributed by atoms with van der Waals surface area (Å²) >= 11 is 12.0. The Morgan fingerprint density at radius 2 is 1.78 bits per heavy atom. The molecule has 1 fully saturated rings. The van der Waals surface area contributed by atoms with Gasteiger partial charge in [0.15, 0.2) is 5.15 Å². The van der Waals surface area contributed by atoms with Crippen LogP contribution in [0.15, 0.2) is 54.7 Å². The number of aromatic nitrogens is 3. The van der Waals surface area contributed by atoms with Gasteiger partial charge in [-0.3, -0.25) is 14.5 Å². The van der Waals surface area contributed by atoms with E-state index < -0.39 is 23.8 Å². The highest BCUT2D eigenvalue weighted by atomic mass is 35.5. The van der Waals surface area contributed by atoms with Crippen LogP contribution in [-0.4, -0.2) is 61.9 Å². The van der Waals surface area contributed by atoms with Gasteiger partial charge in [-0.25, -0.2) is 9.48 Å². The fourth-order valence-corrected chi connectivity index (χ4v) is 3.87. The molecule has 9 nitrogen and oxygen atoms in total. The Balaban J connectivity index is 1.62. The van der Waals surface area contributed by atoms with E-state index in [-0.39, 0.29) is 24.7 Å². The first-order valence-corrected chi connectivity index (χ1v) is 10.3. The molecule has 1 saturated heterocycles. The fraction of sp³-hybridized carbons (Fsp3) is 0.190. The first-order chi connectivity index (χ1) is 15.3. The number of aliphatic carboxylic acids is 1. The summed E-state index contributed by atoms with van der Waals surface area (Å²) in [6, 6.07) is 12.6. The molecule has 2 aromatic carbocycles. The average Bonchev–Trinajstić information content (AvgIpc) is 3.20. The summed E-state index contributed by atoms with van der Waals surface area (Å²) < 4.78 is 1.37. The van der Waals surface area contributed by atoms with Crippen LogP contribution in [0.4, 0.5) is 5.69 Å². The van der Waals surface area contributed by atoms with E-state index in [9.17, 15) is 19.5 Å². The number of hydrogen-bond donors (Lipinski definition) is 1. The zero-order valence-corrected chi connectivity index (χ0v) is 18.1. The molecule has 1 aliphatic heterocycles. The SMILES string of the molecule is O=C(O)C(Cc1ccccc1)N1CC(=O)N(c2cc(Cl)ccc2-n2cc(Cl)nn2)CC1=O. The first-order valence-electron chi connectivity index (χ1n) is 9.58. The van der Waals surface area contributed by atoms with Crippen LogP contribution in [0.2, 0.25) is 10.2 Å². The predicted octanol–water partition coefficient (Wildman–Crippen LogP) is 2.45. The van der Waals surface area contributed by atoms with Crippen molar-refractivity contribution in [1.82, 2.24) is 19.9 Å². The van der Waals surface area contributed by atoms with E-state index in [2.05, 4.69) is 10.3 Å². The molecule has 0 aliphatic carbocycles. The van der Waals surface area contributed by atoms with Crippen molar-refractivity contribution in [3.8, 4) is 5.69 Å². The zero-order chi connectivity index (χ0) is 22.8. The van der Waals surface area contributed by atoms with Crippen LogP contribution >= 0.6 is 23.2 Å². The number of carboxylic acids is 1. The van der Waals surface area contributed by atoms with Crippen molar-refractivity contribution >= 4 is 46.7 Å². The zero-order valence-electron chi connectivity index (χ0n) is 16.6. The third-order valence-electron chi connectivity index (χ3n) is 5.09. The monoisotopic (exact) mass is 473 g/mol. The molecule has 0 bridgehead atoms. The summed E-state index contributed by atoms with van der Waals surface area (Å²) in [6.07, 6.45) is 1.55. The van der Waals surface area contributed by atoms with E-state index in [1.54, 1.807) is 36.4 Å². The van der Waals surface area contributed by atoms with Crippen LogP contribution in [0.5, 0.6) is 0 Å². The van der Waals surface area contributed by atoms with Gasteiger partial charge in [0.2, 0.25) is 11.8 Å². The van der Waals surface area contributed by atoms with Crippen molar-refractivity contribution in [3.05, 3.63) is 70.5 Å². The van der Waals surface area contributed by atoms with Gasteiger partial charge in [0.1, 0.15) is 19.1 Å². The van der Waals surface area contributed by atoms with Gasteiger partial charge in [0, 0.05) is 11.4 Å². The minimum atomic E-state index is -1.18. The van der Waals surface area contributed by atoms with Gasteiger partial charge in [-0.2, -0.15) is 0 Å². The molecule has 1 atom stereocenters. The quantitative estimate of drug-likeness (QED) is 0.588. The number of benzene rings is 2. The second-order valence-electron chi connectivity index (χ2n) is 7.16. The number of hydrogen-bond acceptors (Lipinski definition) is 5. The molecule has 0 radical (unpaired) electrons. The number of carbonyl (C=O) groups is 3. The van der Waals surface area contributed by atoms with Gasteiger partial charge in [0.05, 0.1) is 17.6 Å². The number of nitrogens with zero attached hydrogens (tertiary/aromatic N) is 5. The largest absolute Gasteiger partial charge is 0.480 e. The average molecular weight is 474 g/mol. The third-order valence-corrected chi connectivity index (χ3v) is 5.50. The standard InChI is InChI=1S/C21H17Cl2N5O4/c22-14-6-7-15(28-10-18(23)24-25-28)16(9-14)26-11-20(30)27(12-19(26)29)17(21(31)32)8-13-4-2-1-3-5-13/h1-7,9-10,17H,8,11-12H2,(H,31,32). The minimum absolute atomic E-state index is 0.0923. The lowest BCUT2D eigenvalue weighted by Gasteiger charge is -2.37. The van der Waals surface area contributed by atoms with Gasteiger partial charge in [-0.05, 0) is 23.8 Å². The van der Waals surface area contributed by atoms with Gasteiger partial charge >= 0.3 is 5.97 Å². The van der Waals surface area contributed by atoms with Crippen LogP contribution in [0, 0.1) is 0 Å². The van der Waals surface area contributed by atoms with Crippen LogP contribution in [0.25, 0.3) is 5.69 Å². The Kier molecular flexibility index (Phi) is 6.11. The Morgan fingerprint density at radius 3 is 2.44 bits per heavy atom. The predicted molar refractivity (Wildman–Crippen MR) is 117 cm³/mol. The lowest BCUT2D eigenvalue weighted by molar-refractivity contribution is -0.152. The van der Waals surface area contributed by atoms with Gasteiger partial charge in [0.25, 0.3) is 0 Å². The maximum Gasteiger partial charge on any atom is 0.326 e. The number of carboxylic acid groups (broad SMARTS) is 1. The summed E-state index contributed by atoms with van der Waals surface area (Å²) in [5, 5.41) is 17.9. The molecule has 11 heteroatoms. The van der Waals surface area contributed by atoms with Crippen LogP contribution in [0.3, 0.4) is 0 Å². The molecule has 3 aromatic rings. The third kappa shape index (κ3) is 4.44. The second-order valence-corrected chi connectivity index (χ2v) is 7.99. The summed E-state index contributed by atoms with van der Waals surface area (Å²) in [4.78, 5) is 40.3. The Bertz CT molecular complexity index is 1180. The molecular formula is C21H17Cl2N5O4. The van der Waals surface area contributed by atoms with Crippen LogP contribution in [0.1, 0.15) is 5.56 Å². The van der Waals surface area contributed by atoms with Gasteiger partial charge in [-0.15, -0.1) is 5.10 Å². The number of halogens is 2. The maximum atomic E-state index is 13.1. The second kappa shape index (κ2) is 8.97. The summed E-state index contributed by atoms with van der Waals surface area (Å²) in [5.74, 6) is -2.11. The van der Waals surface area contributed by atoms with Gasteiger partial charge in [-0.1, -0.05) is 58.7 Å². The van der Waals surface area contributed by atoms with Crippen molar-refractivity contribution < 1.29 is 19.5 Å². The van der Waals surface area contributed by atoms with Crippen LogP contribution < -0.4 is 4.90 Å². The highest BCUT2D eigenvalue weighted by Crippen LogP contribution is 2.30. The van der Waals surface area contributed by atoms with E-state index in [4.69, 9.17) is 23.2 Å². The molecule has 164 valence electrons. The molecule has 1 aromatic heterocycles. The molecule has 2 amide bonds. The summed E-state index contributed by atoms with van der Waals surface area (Å²) in [7, 11) is 0. The first kappa shape index (κ1) is 21.8. The molecule has 32 heavy (non-hydrogen) atoms. The minimum Gasteiger partial charge on any atom is -0.480 e. The van der Waals surface area contributed by atoms with Crippen molar-refractivity contribution in [2.45, 2.75) is 12.5 Å².